The van der Waals surface area contributed by atoms with E-state index in [1.54, 1.807) is 30.3 Å². The van der Waals surface area contributed by atoms with E-state index in [4.69, 9.17) is 31.3 Å². The van der Waals surface area contributed by atoms with Gasteiger partial charge in [-0.2, -0.15) is 13.5 Å². The Morgan fingerprint density at radius 2 is 1.94 bits per heavy atom. The first kappa shape index (κ1) is 36.1. The maximum absolute atomic E-state index is 13.5. The third kappa shape index (κ3) is 7.38. The topological polar surface area (TPSA) is 284 Å². The first-order chi connectivity index (χ1) is 23.4. The van der Waals surface area contributed by atoms with Crippen molar-refractivity contribution in [3.05, 3.63) is 70.2 Å². The number of amides is 2. The number of nitrogen functional groups attached to an aromatic ring is 1. The van der Waals surface area contributed by atoms with E-state index in [0.717, 1.165) is 22.5 Å². The molecule has 0 radical (unpaired) electrons. The van der Waals surface area contributed by atoms with Crippen molar-refractivity contribution in [3.63, 3.8) is 0 Å². The Labute approximate surface area is 289 Å². The molecule has 1 saturated heterocycles. The molecule has 1 fully saturated rings. The number of nitrogens with two attached hydrogens (primary N) is 3. The summed E-state index contributed by atoms with van der Waals surface area (Å²) in [6.07, 6.45) is -0.539. The number of anilines is 1. The maximum Gasteiger partial charge on any atom is 0.418 e. The minimum absolute atomic E-state index is 0.0519. The highest BCUT2D eigenvalue weighted by atomic mass is 32.3. The van der Waals surface area contributed by atoms with Gasteiger partial charge in [-0.15, -0.1) is 15.6 Å². The second-order valence-electron chi connectivity index (χ2n) is 12.0. The highest BCUT2D eigenvalue weighted by molar-refractivity contribution is 7.80. The molecule has 0 spiro atoms. The highest BCUT2D eigenvalue weighted by Crippen LogP contribution is 2.35. The maximum atomic E-state index is 13.5. The molecule has 2 aliphatic heterocycles. The number of ether oxygens (including phenoxy) is 1. The Kier molecular flexibility index (Phi) is 9.85. The van der Waals surface area contributed by atoms with Crippen LogP contribution < -0.4 is 27.3 Å². The number of aryl methyl sites for hydroxylation is 1. The van der Waals surface area contributed by atoms with Crippen molar-refractivity contribution in [1.82, 2.24) is 15.4 Å². The third-order valence-corrected chi connectivity index (χ3v) is 9.20. The number of oxime groups is 1. The van der Waals surface area contributed by atoms with Gasteiger partial charge in [0.05, 0.1) is 11.2 Å². The van der Waals surface area contributed by atoms with Crippen LogP contribution in [0, 0.1) is 0 Å². The van der Waals surface area contributed by atoms with Crippen LogP contribution in [-0.2, 0) is 46.9 Å². The SMILES string of the molecule is CC(ON=C(C(=O)NC1C(=O)N(OS(=O)(=O)O)C1(C)C)c1csc(N)n1)(C(=O)O)C1CCc2cc(C(N)=Nc3ccc(CN)cc3)ccc2O1. The number of aliphatic carboxylic acids is 1. The van der Waals surface area contributed by atoms with Crippen LogP contribution in [0.5, 0.6) is 5.75 Å². The zero-order valence-corrected chi connectivity index (χ0v) is 28.5. The number of carbonyl (C=O) groups excluding carboxylic acids is 2. The molecule has 3 aromatic rings. The lowest BCUT2D eigenvalue weighted by atomic mass is 9.84. The molecule has 0 saturated carbocycles. The number of hydroxylamine groups is 2. The van der Waals surface area contributed by atoms with Gasteiger partial charge in [-0.05, 0) is 75.1 Å². The number of rotatable bonds is 12. The Bertz CT molecular complexity index is 2000. The fraction of sp³-hybridized carbons (Fsp3) is 0.333. The Morgan fingerprint density at radius 1 is 1.24 bits per heavy atom. The van der Waals surface area contributed by atoms with Gasteiger partial charge in [0.2, 0.25) is 0 Å². The summed E-state index contributed by atoms with van der Waals surface area (Å²) in [4.78, 5) is 52.8. The molecule has 2 aliphatic rings. The lowest BCUT2D eigenvalue weighted by Crippen LogP contribution is -2.76. The number of fused-ring (bicyclic) bond motifs is 1. The summed E-state index contributed by atoms with van der Waals surface area (Å²) in [5, 5.41) is 18.4. The van der Waals surface area contributed by atoms with Gasteiger partial charge in [0.1, 0.15) is 23.3 Å². The number of hydrogen-bond acceptors (Lipinski definition) is 14. The first-order valence-electron chi connectivity index (χ1n) is 14.9. The molecule has 50 heavy (non-hydrogen) atoms. The van der Waals surface area contributed by atoms with E-state index < -0.39 is 57.2 Å². The van der Waals surface area contributed by atoms with Gasteiger partial charge < -0.3 is 37.2 Å². The molecule has 0 bridgehead atoms. The minimum atomic E-state index is -5.03. The molecule has 9 N–H and O–H groups in total. The lowest BCUT2D eigenvalue weighted by molar-refractivity contribution is -0.218. The summed E-state index contributed by atoms with van der Waals surface area (Å²) < 4.78 is 41.7. The van der Waals surface area contributed by atoms with E-state index in [-0.39, 0.29) is 23.1 Å². The van der Waals surface area contributed by atoms with Crippen LogP contribution in [0.15, 0.2) is 58.0 Å². The van der Waals surface area contributed by atoms with Crippen LogP contribution >= 0.6 is 11.3 Å². The average molecular weight is 731 g/mol. The van der Waals surface area contributed by atoms with Gasteiger partial charge in [0.15, 0.2) is 16.9 Å². The number of thiazole rings is 1. The van der Waals surface area contributed by atoms with Gasteiger partial charge in [0, 0.05) is 17.5 Å². The smallest absolute Gasteiger partial charge is 0.418 e. The monoisotopic (exact) mass is 730 g/mol. The number of carboxylic acids is 1. The van der Waals surface area contributed by atoms with Gasteiger partial charge in [-0.3, -0.25) is 14.1 Å². The van der Waals surface area contributed by atoms with Gasteiger partial charge in [-0.25, -0.2) is 14.8 Å². The second kappa shape index (κ2) is 13.6. The van der Waals surface area contributed by atoms with Crippen molar-refractivity contribution < 1.29 is 46.3 Å². The summed E-state index contributed by atoms with van der Waals surface area (Å²) in [6, 6.07) is 11.1. The van der Waals surface area contributed by atoms with Crippen molar-refractivity contribution >= 4 is 61.9 Å². The van der Waals surface area contributed by atoms with Crippen molar-refractivity contribution in [3.8, 4) is 5.75 Å². The van der Waals surface area contributed by atoms with Crippen LogP contribution in [0.25, 0.3) is 0 Å². The van der Waals surface area contributed by atoms with E-state index in [1.807, 2.05) is 12.1 Å². The predicted molar refractivity (Wildman–Crippen MR) is 180 cm³/mol. The standard InChI is InChI=1S/C30H34N8O10S2/c1-29(2)23(26(40)38(29)48-50(43,44)45)36-25(39)22(19-14-49-28(33)35-19)37-47-30(3,27(41)42)21-11-7-16-12-17(6-10-20(16)46-21)24(32)34-18-8-4-15(13-31)5-9-18/h4-6,8-10,12,14,21,23H,7,11,13,31H2,1-3H3,(H2,32,34)(H2,33,35)(H,36,39)(H,41,42)(H,43,44,45). The first-order valence-corrected chi connectivity index (χ1v) is 17.1. The molecule has 18 nitrogen and oxygen atoms in total. The lowest BCUT2D eigenvalue weighted by Gasteiger charge is -2.50. The molecular weight excluding hydrogens is 697 g/mol. The number of hydrogen-bond donors (Lipinski definition) is 6. The highest BCUT2D eigenvalue weighted by Gasteiger charge is 2.58. The third-order valence-electron chi connectivity index (χ3n) is 8.19. The zero-order valence-electron chi connectivity index (χ0n) is 26.9. The Balaban J connectivity index is 1.35. The zero-order chi connectivity index (χ0) is 36.6. The summed E-state index contributed by atoms with van der Waals surface area (Å²) in [5.41, 5.74) is 16.5. The summed E-state index contributed by atoms with van der Waals surface area (Å²) in [5.74, 6) is -2.83. The molecule has 2 amide bonds. The van der Waals surface area contributed by atoms with Crippen molar-refractivity contribution in [1.29, 1.82) is 0 Å². The molecule has 3 atom stereocenters. The number of nitrogens with one attached hydrogen (secondary N) is 1. The van der Waals surface area contributed by atoms with Crippen LogP contribution in [0.2, 0.25) is 0 Å². The van der Waals surface area contributed by atoms with Crippen LogP contribution in [-0.4, -0.2) is 80.7 Å². The fourth-order valence-corrected chi connectivity index (χ4v) is 6.24. The van der Waals surface area contributed by atoms with E-state index >= 15 is 0 Å². The predicted octanol–water partition coefficient (Wildman–Crippen LogP) is 1.02. The van der Waals surface area contributed by atoms with Crippen molar-refractivity contribution in [2.45, 2.75) is 63.4 Å². The molecule has 2 aromatic carbocycles. The number of carboxylic acid groups (broad SMARTS) is 1. The Morgan fingerprint density at radius 3 is 2.52 bits per heavy atom. The molecule has 3 heterocycles. The summed E-state index contributed by atoms with van der Waals surface area (Å²) in [6.45, 7) is 4.37. The van der Waals surface area contributed by atoms with E-state index in [9.17, 15) is 27.9 Å². The van der Waals surface area contributed by atoms with Crippen LogP contribution in [0.3, 0.4) is 0 Å². The minimum Gasteiger partial charge on any atom is -0.485 e. The number of nitrogens with zero attached hydrogens (tertiary/aromatic N) is 4. The number of β-lactam (4-membered cyclic amide) rings is 1. The largest absolute Gasteiger partial charge is 0.485 e. The number of benzene rings is 2. The molecule has 1 aromatic heterocycles. The number of amidine groups is 1. The second-order valence-corrected chi connectivity index (χ2v) is 13.9. The summed E-state index contributed by atoms with van der Waals surface area (Å²) >= 11 is 0.958. The van der Waals surface area contributed by atoms with E-state index in [0.29, 0.717) is 35.0 Å². The van der Waals surface area contributed by atoms with Gasteiger partial charge >= 0.3 is 16.4 Å². The van der Waals surface area contributed by atoms with Crippen LogP contribution in [0.4, 0.5) is 10.8 Å². The molecule has 5 rings (SSSR count). The molecule has 266 valence electrons. The van der Waals surface area contributed by atoms with Gasteiger partial charge in [-0.1, -0.05) is 17.3 Å². The number of carbonyl (C=O) groups is 3. The van der Waals surface area contributed by atoms with Crippen LogP contribution in [0.1, 0.15) is 49.6 Å². The number of aromatic nitrogens is 1. The van der Waals surface area contributed by atoms with E-state index in [2.05, 4.69) is 24.7 Å². The molecule has 3 unspecified atom stereocenters. The fourth-order valence-electron chi connectivity index (χ4n) is 5.24. The molecule has 20 heteroatoms. The Hall–Kier alpha value is -5.15. The van der Waals surface area contributed by atoms with Crippen molar-refractivity contribution in [2.75, 3.05) is 5.73 Å². The molecular formula is C30H34N8O10S2. The van der Waals surface area contributed by atoms with Crippen molar-refractivity contribution in [2.24, 2.45) is 21.6 Å². The quantitative estimate of drug-likeness (QED) is 0.0499. The van der Waals surface area contributed by atoms with E-state index in [1.165, 1.54) is 26.2 Å². The summed E-state index contributed by atoms with van der Waals surface area (Å²) in [7, 11) is -5.03. The van der Waals surface area contributed by atoms with Gasteiger partial charge in [0.25, 0.3) is 17.4 Å². The molecule has 0 aliphatic carbocycles. The average Bonchev–Trinajstić information content (AvgIpc) is 3.50. The normalized spacial score (nSPS) is 20.2. The number of aliphatic imine (C=N–C) groups is 1.